The topological polar surface area (TPSA) is 83.1 Å². The zero-order valence-electron chi connectivity index (χ0n) is 18.7. The largest absolute Gasteiger partial charge is 0.383 e. The summed E-state index contributed by atoms with van der Waals surface area (Å²) in [5, 5.41) is 11.6. The van der Waals surface area contributed by atoms with Crippen molar-refractivity contribution in [2.45, 2.75) is 45.1 Å². The molecule has 1 unspecified atom stereocenters. The minimum atomic E-state index is -0.0293. The van der Waals surface area contributed by atoms with Crippen molar-refractivity contribution in [1.82, 2.24) is 25.4 Å². The third-order valence-corrected chi connectivity index (χ3v) is 6.97. The lowest BCUT2D eigenvalue weighted by Gasteiger charge is -2.21. The predicted octanol–water partition coefficient (Wildman–Crippen LogP) is 3.68. The van der Waals surface area contributed by atoms with Crippen LogP contribution in [0.3, 0.4) is 0 Å². The quantitative estimate of drug-likeness (QED) is 0.547. The first kappa shape index (κ1) is 21.9. The van der Waals surface area contributed by atoms with Crippen LogP contribution in [0.5, 0.6) is 0 Å². The zero-order chi connectivity index (χ0) is 22.0. The molecule has 0 spiro atoms. The van der Waals surface area contributed by atoms with Crippen molar-refractivity contribution >= 4 is 27.5 Å². The van der Waals surface area contributed by atoms with E-state index < -0.39 is 0 Å². The molecule has 0 bridgehead atoms. The Labute approximate surface area is 187 Å². The maximum atomic E-state index is 12.9. The lowest BCUT2D eigenvalue weighted by Crippen LogP contribution is -2.27. The first-order valence-electron chi connectivity index (χ1n) is 10.8. The van der Waals surface area contributed by atoms with Gasteiger partial charge in [0.05, 0.1) is 17.7 Å². The molecule has 3 aromatic rings. The number of nitrogens with zero attached hydrogens (tertiary/aromatic N) is 3. The average molecular weight is 442 g/mol. The van der Waals surface area contributed by atoms with E-state index in [4.69, 9.17) is 4.74 Å². The van der Waals surface area contributed by atoms with E-state index in [-0.39, 0.29) is 11.3 Å². The molecular weight excluding hydrogens is 410 g/mol. The van der Waals surface area contributed by atoms with E-state index in [1.807, 2.05) is 12.3 Å². The maximum Gasteiger partial charge on any atom is 0.261 e. The molecule has 8 heteroatoms. The summed E-state index contributed by atoms with van der Waals surface area (Å²) in [5.74, 6) is 0.282. The number of hydrogen-bond donors (Lipinski definition) is 2. The standard InChI is InChI=1S/C23H31N5O2S/c1-23(2,3)20-16(12-26-27-20)14-28-10-7-15(13-28)18-17-6-5-8-25-22(17)31-19(18)21(29)24-9-11-30-4/h5-6,8,12,15H,7,9-11,13-14H2,1-4H3,(H,24,29)(H,26,27). The number of nitrogens with one attached hydrogen (secondary N) is 2. The first-order chi connectivity index (χ1) is 14.9. The van der Waals surface area contributed by atoms with Gasteiger partial charge in [-0.3, -0.25) is 14.8 Å². The highest BCUT2D eigenvalue weighted by Gasteiger charge is 2.32. The molecule has 166 valence electrons. The summed E-state index contributed by atoms with van der Waals surface area (Å²) in [5.41, 5.74) is 3.63. The van der Waals surface area contributed by atoms with Crippen LogP contribution in [0.25, 0.3) is 10.2 Å². The van der Waals surface area contributed by atoms with Gasteiger partial charge in [-0.25, -0.2) is 4.98 Å². The molecule has 0 aromatic carbocycles. The number of methoxy groups -OCH3 is 1. The number of aromatic nitrogens is 3. The molecule has 0 radical (unpaired) electrons. The van der Waals surface area contributed by atoms with Crippen molar-refractivity contribution in [3.63, 3.8) is 0 Å². The van der Waals surface area contributed by atoms with E-state index >= 15 is 0 Å². The Morgan fingerprint density at radius 1 is 1.42 bits per heavy atom. The number of rotatable bonds is 7. The Bertz CT molecular complexity index is 1050. The normalized spacial score (nSPS) is 17.5. The third kappa shape index (κ3) is 4.66. The number of thiophene rings is 1. The fourth-order valence-corrected chi connectivity index (χ4v) is 5.55. The number of fused-ring (bicyclic) bond motifs is 1. The number of aromatic amines is 1. The van der Waals surface area contributed by atoms with Crippen molar-refractivity contribution in [2.24, 2.45) is 0 Å². The molecule has 2 N–H and O–H groups in total. The molecular formula is C23H31N5O2S. The number of pyridine rings is 1. The number of H-pyrrole nitrogens is 1. The van der Waals surface area contributed by atoms with Crippen molar-refractivity contribution in [1.29, 1.82) is 0 Å². The molecule has 1 amide bonds. The Hall–Kier alpha value is -2.29. The van der Waals surface area contributed by atoms with Gasteiger partial charge in [0, 0.05) is 60.9 Å². The maximum absolute atomic E-state index is 12.9. The van der Waals surface area contributed by atoms with Crippen molar-refractivity contribution in [2.75, 3.05) is 33.4 Å². The molecule has 3 aromatic heterocycles. The first-order valence-corrected chi connectivity index (χ1v) is 11.6. The molecule has 31 heavy (non-hydrogen) atoms. The number of ether oxygens (including phenoxy) is 1. The fraction of sp³-hybridized carbons (Fsp3) is 0.522. The van der Waals surface area contributed by atoms with Crippen LogP contribution < -0.4 is 5.32 Å². The Kier molecular flexibility index (Phi) is 6.41. The van der Waals surface area contributed by atoms with Crippen LogP contribution in [0.15, 0.2) is 24.5 Å². The predicted molar refractivity (Wildman–Crippen MR) is 124 cm³/mol. The molecule has 1 aliphatic rings. The Morgan fingerprint density at radius 2 is 2.26 bits per heavy atom. The highest BCUT2D eigenvalue weighted by atomic mass is 32.1. The van der Waals surface area contributed by atoms with Crippen LogP contribution in [-0.2, 0) is 16.7 Å². The van der Waals surface area contributed by atoms with Gasteiger partial charge >= 0.3 is 0 Å². The SMILES string of the molecule is COCCNC(=O)c1sc2ncccc2c1C1CCN(Cc2cn[nH]c2C(C)(C)C)C1. The van der Waals surface area contributed by atoms with Crippen LogP contribution in [0.4, 0.5) is 0 Å². The van der Waals surface area contributed by atoms with Crippen LogP contribution >= 0.6 is 11.3 Å². The monoisotopic (exact) mass is 441 g/mol. The van der Waals surface area contributed by atoms with Crippen LogP contribution in [-0.4, -0.2) is 59.3 Å². The second kappa shape index (κ2) is 9.06. The molecule has 0 saturated carbocycles. The van der Waals surface area contributed by atoms with Gasteiger partial charge in [0.15, 0.2) is 0 Å². The average Bonchev–Trinajstić information content (AvgIpc) is 3.45. The van der Waals surface area contributed by atoms with E-state index in [1.165, 1.54) is 22.6 Å². The van der Waals surface area contributed by atoms with Crippen LogP contribution in [0.1, 0.15) is 59.6 Å². The summed E-state index contributed by atoms with van der Waals surface area (Å²) in [6, 6.07) is 4.05. The molecule has 1 saturated heterocycles. The second-order valence-corrected chi connectivity index (χ2v) is 10.2. The Morgan fingerprint density at radius 3 is 3.03 bits per heavy atom. The third-order valence-electron chi connectivity index (χ3n) is 5.85. The minimum Gasteiger partial charge on any atom is -0.383 e. The molecule has 7 nitrogen and oxygen atoms in total. The number of carbonyl (C=O) groups is 1. The van der Waals surface area contributed by atoms with Gasteiger partial charge < -0.3 is 10.1 Å². The van der Waals surface area contributed by atoms with E-state index in [9.17, 15) is 4.79 Å². The second-order valence-electron chi connectivity index (χ2n) is 9.19. The van der Waals surface area contributed by atoms with Crippen LogP contribution in [0.2, 0.25) is 0 Å². The minimum absolute atomic E-state index is 0.0293. The summed E-state index contributed by atoms with van der Waals surface area (Å²) < 4.78 is 5.08. The lowest BCUT2D eigenvalue weighted by atomic mass is 9.89. The summed E-state index contributed by atoms with van der Waals surface area (Å²) in [6.45, 7) is 10.4. The van der Waals surface area contributed by atoms with E-state index in [0.717, 1.165) is 46.7 Å². The van der Waals surface area contributed by atoms with Gasteiger partial charge in [0.2, 0.25) is 0 Å². The van der Waals surface area contributed by atoms with Gasteiger partial charge in [-0.2, -0.15) is 5.10 Å². The van der Waals surface area contributed by atoms with Crippen molar-refractivity contribution in [3.8, 4) is 0 Å². The fourth-order valence-electron chi connectivity index (χ4n) is 4.41. The molecule has 1 atom stereocenters. The molecule has 4 heterocycles. The molecule has 0 aliphatic carbocycles. The van der Waals surface area contributed by atoms with Crippen LogP contribution in [0, 0.1) is 0 Å². The van der Waals surface area contributed by atoms with E-state index in [2.05, 4.69) is 52.2 Å². The van der Waals surface area contributed by atoms with Gasteiger partial charge in [-0.15, -0.1) is 11.3 Å². The molecule has 1 fully saturated rings. The zero-order valence-corrected chi connectivity index (χ0v) is 19.5. The van der Waals surface area contributed by atoms with Crippen molar-refractivity contribution in [3.05, 3.63) is 46.2 Å². The van der Waals surface area contributed by atoms with E-state index in [0.29, 0.717) is 19.1 Å². The number of amides is 1. The number of hydrogen-bond acceptors (Lipinski definition) is 6. The van der Waals surface area contributed by atoms with Gasteiger partial charge in [-0.1, -0.05) is 26.8 Å². The van der Waals surface area contributed by atoms with Gasteiger partial charge in [0.1, 0.15) is 4.83 Å². The van der Waals surface area contributed by atoms with Gasteiger partial charge in [-0.05, 0) is 24.6 Å². The summed E-state index contributed by atoms with van der Waals surface area (Å²) in [4.78, 5) is 21.7. The number of carbonyl (C=O) groups excluding carboxylic acids is 1. The lowest BCUT2D eigenvalue weighted by molar-refractivity contribution is 0.0940. The highest BCUT2D eigenvalue weighted by Crippen LogP contribution is 2.40. The number of likely N-dealkylation sites (tertiary alicyclic amines) is 1. The van der Waals surface area contributed by atoms with Gasteiger partial charge in [0.25, 0.3) is 5.91 Å². The molecule has 1 aliphatic heterocycles. The highest BCUT2D eigenvalue weighted by molar-refractivity contribution is 7.20. The molecule has 4 rings (SSSR count). The smallest absolute Gasteiger partial charge is 0.261 e. The summed E-state index contributed by atoms with van der Waals surface area (Å²) >= 11 is 1.49. The summed E-state index contributed by atoms with van der Waals surface area (Å²) in [7, 11) is 1.64. The Balaban J connectivity index is 1.56. The van der Waals surface area contributed by atoms with E-state index in [1.54, 1.807) is 13.3 Å². The van der Waals surface area contributed by atoms with Crippen molar-refractivity contribution < 1.29 is 9.53 Å². The summed E-state index contributed by atoms with van der Waals surface area (Å²) in [6.07, 6.45) is 4.78.